The van der Waals surface area contributed by atoms with E-state index >= 15 is 0 Å². The molecule has 1 fully saturated rings. The van der Waals surface area contributed by atoms with Gasteiger partial charge in [0.05, 0.1) is 0 Å². The van der Waals surface area contributed by atoms with Gasteiger partial charge in [-0.05, 0) is 12.8 Å². The third-order valence-electron chi connectivity index (χ3n) is 1.38. The Morgan fingerprint density at radius 2 is 1.33 bits per heavy atom. The van der Waals surface area contributed by atoms with E-state index in [0.29, 0.717) is 12.1 Å². The highest BCUT2D eigenvalue weighted by Crippen LogP contribution is 2.13. The summed E-state index contributed by atoms with van der Waals surface area (Å²) in [5.74, 6) is 0. The number of nitrogens with two attached hydrogens (primary N) is 2. The minimum absolute atomic E-state index is 0.310. The molecule has 0 aromatic carbocycles. The van der Waals surface area contributed by atoms with Gasteiger partial charge in [-0.1, -0.05) is 0 Å². The first kappa shape index (κ1) is 4.09. The van der Waals surface area contributed by atoms with Gasteiger partial charge in [0.2, 0.25) is 0 Å². The van der Waals surface area contributed by atoms with E-state index in [1.54, 1.807) is 0 Å². The van der Waals surface area contributed by atoms with Gasteiger partial charge in [-0.25, -0.2) is 0 Å². The van der Waals surface area contributed by atoms with Gasteiger partial charge in [0.25, 0.3) is 0 Å². The van der Waals surface area contributed by atoms with Crippen LogP contribution in [0.1, 0.15) is 12.8 Å². The topological polar surface area (TPSA) is 52.0 Å². The zero-order chi connectivity index (χ0) is 4.57. The van der Waals surface area contributed by atoms with Crippen molar-refractivity contribution in [1.82, 2.24) is 0 Å². The standard InChI is InChI=1S/C4H10N2/c5-3-1-2-4(3)6/h3-4H,1-2,5-6H2/t3-,4-/m1/s1. The molecule has 4 N–H and O–H groups in total. The second-order valence-electron chi connectivity index (χ2n) is 1.91. The van der Waals surface area contributed by atoms with Crippen LogP contribution in [-0.4, -0.2) is 12.1 Å². The van der Waals surface area contributed by atoms with Crippen LogP contribution in [0.25, 0.3) is 0 Å². The minimum Gasteiger partial charge on any atom is -0.326 e. The lowest BCUT2D eigenvalue weighted by Crippen LogP contribution is -2.49. The zero-order valence-electron chi connectivity index (χ0n) is 3.72. The van der Waals surface area contributed by atoms with Crippen molar-refractivity contribution in [2.45, 2.75) is 24.9 Å². The van der Waals surface area contributed by atoms with Gasteiger partial charge in [-0.2, -0.15) is 0 Å². The van der Waals surface area contributed by atoms with E-state index in [2.05, 4.69) is 0 Å². The van der Waals surface area contributed by atoms with Crippen LogP contribution < -0.4 is 11.5 Å². The van der Waals surface area contributed by atoms with Gasteiger partial charge >= 0.3 is 0 Å². The molecule has 2 heteroatoms. The predicted molar refractivity (Wildman–Crippen MR) is 25.2 cm³/mol. The Hall–Kier alpha value is -0.0800. The molecule has 0 spiro atoms. The number of rotatable bonds is 0. The van der Waals surface area contributed by atoms with Gasteiger partial charge in [0, 0.05) is 12.1 Å². The smallest absolute Gasteiger partial charge is 0.0192 e. The molecule has 2 atom stereocenters. The molecule has 1 rings (SSSR count). The molecule has 36 valence electrons. The lowest BCUT2D eigenvalue weighted by molar-refractivity contribution is 0.347. The van der Waals surface area contributed by atoms with Crippen molar-refractivity contribution in [3.8, 4) is 0 Å². The van der Waals surface area contributed by atoms with Gasteiger partial charge in [-0.15, -0.1) is 0 Å². The van der Waals surface area contributed by atoms with Gasteiger partial charge in [0.15, 0.2) is 0 Å². The summed E-state index contributed by atoms with van der Waals surface area (Å²) in [6, 6.07) is 0.620. The highest BCUT2D eigenvalue weighted by atomic mass is 14.8. The average Bonchev–Trinajstić information content (AvgIpc) is 1.61. The van der Waals surface area contributed by atoms with E-state index in [9.17, 15) is 0 Å². The average molecular weight is 86.1 g/mol. The van der Waals surface area contributed by atoms with E-state index in [4.69, 9.17) is 11.5 Å². The summed E-state index contributed by atoms with van der Waals surface area (Å²) >= 11 is 0. The first-order valence-corrected chi connectivity index (χ1v) is 2.32. The van der Waals surface area contributed by atoms with Crippen LogP contribution >= 0.6 is 0 Å². The Balaban J connectivity index is 2.20. The summed E-state index contributed by atoms with van der Waals surface area (Å²) < 4.78 is 0. The molecule has 0 bridgehead atoms. The van der Waals surface area contributed by atoms with Crippen LogP contribution in [0.3, 0.4) is 0 Å². The first-order chi connectivity index (χ1) is 2.80. The quantitative estimate of drug-likeness (QED) is 0.415. The minimum atomic E-state index is 0.310. The van der Waals surface area contributed by atoms with Crippen LogP contribution in [0.15, 0.2) is 0 Å². The van der Waals surface area contributed by atoms with Crippen LogP contribution in [0, 0.1) is 0 Å². The largest absolute Gasteiger partial charge is 0.326 e. The van der Waals surface area contributed by atoms with Crippen molar-refractivity contribution in [3.05, 3.63) is 0 Å². The summed E-state index contributed by atoms with van der Waals surface area (Å²) in [7, 11) is 0. The molecule has 1 aliphatic carbocycles. The molecule has 0 heterocycles. The van der Waals surface area contributed by atoms with Crippen LogP contribution in [0.5, 0.6) is 0 Å². The molecule has 0 aromatic rings. The summed E-state index contributed by atoms with van der Waals surface area (Å²) in [5, 5.41) is 0. The summed E-state index contributed by atoms with van der Waals surface area (Å²) in [6.07, 6.45) is 2.25. The number of hydrogen-bond acceptors (Lipinski definition) is 2. The maximum absolute atomic E-state index is 5.40. The summed E-state index contributed by atoms with van der Waals surface area (Å²) in [4.78, 5) is 0. The van der Waals surface area contributed by atoms with Crippen molar-refractivity contribution in [1.29, 1.82) is 0 Å². The molecule has 1 aliphatic rings. The van der Waals surface area contributed by atoms with Crippen molar-refractivity contribution in [2.75, 3.05) is 0 Å². The van der Waals surface area contributed by atoms with Crippen molar-refractivity contribution in [3.63, 3.8) is 0 Å². The van der Waals surface area contributed by atoms with Gasteiger partial charge in [0.1, 0.15) is 0 Å². The Kier molecular flexibility index (Phi) is 0.821. The molecular weight excluding hydrogens is 76.1 g/mol. The monoisotopic (exact) mass is 86.1 g/mol. The third-order valence-corrected chi connectivity index (χ3v) is 1.38. The van der Waals surface area contributed by atoms with E-state index in [0.717, 1.165) is 12.8 Å². The molecule has 6 heavy (non-hydrogen) atoms. The zero-order valence-corrected chi connectivity index (χ0v) is 3.72. The molecule has 0 radical (unpaired) electrons. The molecule has 0 aromatic heterocycles. The van der Waals surface area contributed by atoms with Gasteiger partial charge in [-0.3, -0.25) is 0 Å². The maximum Gasteiger partial charge on any atom is 0.0192 e. The molecule has 0 amide bonds. The van der Waals surface area contributed by atoms with E-state index in [-0.39, 0.29) is 0 Å². The van der Waals surface area contributed by atoms with Crippen LogP contribution in [-0.2, 0) is 0 Å². The Morgan fingerprint density at radius 1 is 1.00 bits per heavy atom. The molecular formula is C4H10N2. The lowest BCUT2D eigenvalue weighted by Gasteiger charge is -2.29. The maximum atomic E-state index is 5.40. The third kappa shape index (κ3) is 0.420. The summed E-state index contributed by atoms with van der Waals surface area (Å²) in [6.45, 7) is 0. The fourth-order valence-corrected chi connectivity index (χ4v) is 0.552. The molecule has 0 unspecified atom stereocenters. The Labute approximate surface area is 37.5 Å². The predicted octanol–water partition coefficient (Wildman–Crippen LogP) is -0.565. The molecule has 0 aliphatic heterocycles. The van der Waals surface area contributed by atoms with Crippen LogP contribution in [0.2, 0.25) is 0 Å². The summed E-state index contributed by atoms with van der Waals surface area (Å²) in [5.41, 5.74) is 10.8. The van der Waals surface area contributed by atoms with E-state index < -0.39 is 0 Å². The molecule has 2 nitrogen and oxygen atoms in total. The first-order valence-electron chi connectivity index (χ1n) is 2.32. The van der Waals surface area contributed by atoms with Crippen molar-refractivity contribution >= 4 is 0 Å². The SMILES string of the molecule is N[C@@H]1CC[C@H]1N. The molecule has 0 saturated heterocycles. The Morgan fingerprint density at radius 3 is 1.33 bits per heavy atom. The second-order valence-corrected chi connectivity index (χ2v) is 1.91. The van der Waals surface area contributed by atoms with E-state index in [1.807, 2.05) is 0 Å². The van der Waals surface area contributed by atoms with Crippen molar-refractivity contribution in [2.24, 2.45) is 11.5 Å². The normalized spacial score (nSPS) is 45.0. The fourth-order valence-electron chi connectivity index (χ4n) is 0.552. The van der Waals surface area contributed by atoms with E-state index in [1.165, 1.54) is 0 Å². The van der Waals surface area contributed by atoms with Crippen LogP contribution in [0.4, 0.5) is 0 Å². The second kappa shape index (κ2) is 1.21. The highest BCUT2D eigenvalue weighted by molar-refractivity contribution is 4.86. The Bertz CT molecular complexity index is 45.5. The molecule has 1 saturated carbocycles. The fraction of sp³-hybridized carbons (Fsp3) is 1.00. The van der Waals surface area contributed by atoms with Crippen molar-refractivity contribution < 1.29 is 0 Å². The van der Waals surface area contributed by atoms with Gasteiger partial charge < -0.3 is 11.5 Å². The highest BCUT2D eigenvalue weighted by Gasteiger charge is 2.22. The lowest BCUT2D eigenvalue weighted by atomic mass is 9.88. The number of hydrogen-bond donors (Lipinski definition) is 2.